The highest BCUT2D eigenvalue weighted by molar-refractivity contribution is 6.05. The highest BCUT2D eigenvalue weighted by Crippen LogP contribution is 2.45. The summed E-state index contributed by atoms with van der Waals surface area (Å²) in [5, 5.41) is 0. The Morgan fingerprint density at radius 3 is 0.917 bits per heavy atom. The summed E-state index contributed by atoms with van der Waals surface area (Å²) < 4.78 is 12.3. The lowest BCUT2D eigenvalue weighted by Crippen LogP contribution is -2.10. The van der Waals surface area contributed by atoms with Crippen molar-refractivity contribution in [2.75, 3.05) is 9.80 Å². The number of aryl methyl sites for hydroxylation is 6. The first-order valence-corrected chi connectivity index (χ1v) is 28.4. The molecule has 0 bridgehead atoms. The molecular formula is C76H58N6O2. The van der Waals surface area contributed by atoms with Gasteiger partial charge in [-0.25, -0.2) is 19.9 Å². The van der Waals surface area contributed by atoms with E-state index in [1.54, 1.807) is 0 Å². The fourth-order valence-electron chi connectivity index (χ4n) is 12.2. The molecule has 0 amide bonds. The Morgan fingerprint density at radius 1 is 0.286 bits per heavy atom. The van der Waals surface area contributed by atoms with Crippen molar-refractivity contribution in [1.29, 1.82) is 0 Å². The van der Waals surface area contributed by atoms with Gasteiger partial charge in [0.25, 0.3) is 0 Å². The van der Waals surface area contributed by atoms with E-state index >= 15 is 0 Å². The van der Waals surface area contributed by atoms with E-state index < -0.39 is 0 Å². The lowest BCUT2D eigenvalue weighted by Gasteiger charge is -2.26. The van der Waals surface area contributed by atoms with E-state index in [0.29, 0.717) is 11.8 Å². The molecule has 0 fully saturated rings. The summed E-state index contributed by atoms with van der Waals surface area (Å²) in [5.41, 5.74) is 27.8. The van der Waals surface area contributed by atoms with Crippen molar-refractivity contribution in [2.24, 2.45) is 0 Å². The van der Waals surface area contributed by atoms with Crippen LogP contribution in [0.4, 0.5) is 34.1 Å². The summed E-state index contributed by atoms with van der Waals surface area (Å²) in [6, 6.07) is 84.6. The second-order valence-corrected chi connectivity index (χ2v) is 21.8. The van der Waals surface area contributed by atoms with Gasteiger partial charge in [-0.15, -0.1) is 0 Å². The van der Waals surface area contributed by atoms with Crippen molar-refractivity contribution in [1.82, 2.24) is 19.9 Å². The summed E-state index contributed by atoms with van der Waals surface area (Å²) >= 11 is 0. The quantitative estimate of drug-likeness (QED) is 0.120. The van der Waals surface area contributed by atoms with Crippen LogP contribution in [0.15, 0.2) is 251 Å². The van der Waals surface area contributed by atoms with Crippen molar-refractivity contribution in [3.05, 3.63) is 276 Å². The lowest BCUT2D eigenvalue weighted by molar-refractivity contribution is 0.619. The third-order valence-electron chi connectivity index (χ3n) is 15.9. The molecule has 3 aromatic heterocycles. The number of nitrogens with zero attached hydrogens (tertiary/aromatic N) is 6. The molecule has 0 saturated heterocycles. The van der Waals surface area contributed by atoms with Crippen LogP contribution in [0.1, 0.15) is 33.4 Å². The average molecular weight is 1090 g/mol. The molecule has 0 atom stereocenters. The van der Waals surface area contributed by atoms with Crippen molar-refractivity contribution >= 4 is 67.4 Å². The second kappa shape index (κ2) is 21.3. The number of fused-ring (bicyclic) bond motifs is 3. The first kappa shape index (κ1) is 51.4. The molecule has 84 heavy (non-hydrogen) atoms. The molecule has 11 aromatic carbocycles. The molecule has 14 aromatic rings. The number of para-hydroxylation sites is 6. The Morgan fingerprint density at radius 2 is 0.583 bits per heavy atom. The van der Waals surface area contributed by atoms with Gasteiger partial charge in [-0.3, -0.25) is 0 Å². The largest absolute Gasteiger partial charge is 0.436 e. The molecule has 3 heterocycles. The normalized spacial score (nSPS) is 11.5. The standard InChI is InChI=1S/C76H58N6O2/c1-47-43-49(3)69(50(4)44-47)63-41-42-64(70-51(5)45-48(2)46-52(70)6)74-73(63)79-71(53-25-33-59(34-26-53)81(57-17-9-7-10-18-57)61-37-29-55(30-38-61)75-77-65-21-13-15-23-67(65)83-75)72(80-74)54-27-35-60(36-28-54)82(58-19-11-8-12-20-58)62-39-31-56(32-40-62)76-78-66-22-14-16-24-68(66)84-76/h7-46H,1-6H3. The Kier molecular flexibility index (Phi) is 13.1. The van der Waals surface area contributed by atoms with Gasteiger partial charge in [-0.2, -0.15) is 0 Å². The number of oxazole rings is 2. The van der Waals surface area contributed by atoms with Crippen LogP contribution < -0.4 is 9.80 Å². The van der Waals surface area contributed by atoms with Gasteiger partial charge in [0, 0.05) is 67.5 Å². The lowest BCUT2D eigenvalue weighted by atomic mass is 9.88. The summed E-state index contributed by atoms with van der Waals surface area (Å²) in [4.78, 5) is 25.9. The molecule has 0 N–H and O–H groups in total. The van der Waals surface area contributed by atoms with E-state index in [1.807, 2.05) is 60.7 Å². The van der Waals surface area contributed by atoms with Crippen LogP contribution >= 0.6 is 0 Å². The predicted octanol–water partition coefficient (Wildman–Crippen LogP) is 20.7. The van der Waals surface area contributed by atoms with Crippen LogP contribution in [0, 0.1) is 41.5 Å². The molecular weight excluding hydrogens is 1030 g/mol. The topological polar surface area (TPSA) is 84.3 Å². The maximum atomic E-state index is 6.17. The van der Waals surface area contributed by atoms with E-state index in [2.05, 4.69) is 233 Å². The van der Waals surface area contributed by atoms with Gasteiger partial charge in [0.2, 0.25) is 11.8 Å². The summed E-state index contributed by atoms with van der Waals surface area (Å²) in [7, 11) is 0. The molecule has 0 radical (unpaired) electrons. The zero-order valence-electron chi connectivity index (χ0n) is 47.6. The number of hydrogen-bond donors (Lipinski definition) is 0. The second-order valence-electron chi connectivity index (χ2n) is 21.8. The molecule has 0 aliphatic carbocycles. The summed E-state index contributed by atoms with van der Waals surface area (Å²) in [6.45, 7) is 13.2. The minimum absolute atomic E-state index is 0.587. The highest BCUT2D eigenvalue weighted by Gasteiger charge is 2.24. The highest BCUT2D eigenvalue weighted by atomic mass is 16.4. The Balaban J connectivity index is 0.926. The molecule has 8 nitrogen and oxygen atoms in total. The van der Waals surface area contributed by atoms with Crippen molar-refractivity contribution in [2.45, 2.75) is 41.5 Å². The first-order valence-electron chi connectivity index (χ1n) is 28.4. The molecule has 0 aliphatic heterocycles. The molecule has 404 valence electrons. The Hall–Kier alpha value is -10.7. The van der Waals surface area contributed by atoms with Crippen molar-refractivity contribution in [3.8, 4) is 67.7 Å². The number of anilines is 6. The monoisotopic (exact) mass is 1090 g/mol. The fourth-order valence-corrected chi connectivity index (χ4v) is 12.2. The van der Waals surface area contributed by atoms with Crippen LogP contribution in [0.5, 0.6) is 0 Å². The third kappa shape index (κ3) is 9.53. The van der Waals surface area contributed by atoms with Crippen LogP contribution in [0.25, 0.3) is 101 Å². The van der Waals surface area contributed by atoms with E-state index in [0.717, 1.165) is 112 Å². The van der Waals surface area contributed by atoms with Gasteiger partial charge in [-0.05, 0) is 196 Å². The van der Waals surface area contributed by atoms with Crippen molar-refractivity contribution < 1.29 is 8.83 Å². The Bertz CT molecular complexity index is 4340. The van der Waals surface area contributed by atoms with Crippen LogP contribution in [0.2, 0.25) is 0 Å². The van der Waals surface area contributed by atoms with Gasteiger partial charge in [-0.1, -0.05) is 132 Å². The van der Waals surface area contributed by atoms with Crippen LogP contribution in [-0.2, 0) is 0 Å². The number of rotatable bonds is 12. The van der Waals surface area contributed by atoms with E-state index in [1.165, 1.54) is 44.5 Å². The number of benzene rings is 11. The minimum atomic E-state index is 0.587. The molecule has 8 heteroatoms. The summed E-state index contributed by atoms with van der Waals surface area (Å²) in [6.07, 6.45) is 0. The zero-order chi connectivity index (χ0) is 57.0. The predicted molar refractivity (Wildman–Crippen MR) is 345 cm³/mol. The van der Waals surface area contributed by atoms with Gasteiger partial charge in [0.05, 0.1) is 22.4 Å². The van der Waals surface area contributed by atoms with Gasteiger partial charge >= 0.3 is 0 Å². The van der Waals surface area contributed by atoms with Crippen LogP contribution in [0.3, 0.4) is 0 Å². The fraction of sp³-hybridized carbons (Fsp3) is 0.0789. The maximum absolute atomic E-state index is 6.17. The van der Waals surface area contributed by atoms with E-state index in [4.69, 9.17) is 28.8 Å². The zero-order valence-corrected chi connectivity index (χ0v) is 47.6. The molecule has 0 unspecified atom stereocenters. The molecule has 14 rings (SSSR count). The van der Waals surface area contributed by atoms with E-state index in [9.17, 15) is 0 Å². The molecule has 0 aliphatic rings. The minimum Gasteiger partial charge on any atom is -0.436 e. The van der Waals surface area contributed by atoms with Crippen molar-refractivity contribution in [3.63, 3.8) is 0 Å². The van der Waals surface area contributed by atoms with Gasteiger partial charge < -0.3 is 18.6 Å². The smallest absolute Gasteiger partial charge is 0.227 e. The van der Waals surface area contributed by atoms with E-state index in [-0.39, 0.29) is 0 Å². The SMILES string of the molecule is Cc1cc(C)c(-c2ccc(-c3c(C)cc(C)cc3C)c3nc(-c4ccc(N(c5ccccc5)c5ccc(-c6nc7ccccc7o6)cc5)cc4)c(-c4ccc(N(c5ccccc5)c5ccc(-c6nc7ccccc7o6)cc5)cc4)nc23)c(C)c1. The van der Waals surface area contributed by atoms with Gasteiger partial charge in [0.1, 0.15) is 11.0 Å². The number of aromatic nitrogens is 4. The average Bonchev–Trinajstić information content (AvgIpc) is 1.96. The molecule has 0 saturated carbocycles. The Labute approximate surface area is 488 Å². The van der Waals surface area contributed by atoms with Crippen LogP contribution in [-0.4, -0.2) is 19.9 Å². The maximum Gasteiger partial charge on any atom is 0.227 e. The third-order valence-corrected chi connectivity index (χ3v) is 15.9. The first-order chi connectivity index (χ1) is 41.1. The summed E-state index contributed by atoms with van der Waals surface area (Å²) in [5.74, 6) is 1.17. The number of hydrogen-bond acceptors (Lipinski definition) is 8. The molecule has 0 spiro atoms. The van der Waals surface area contributed by atoms with Gasteiger partial charge in [0.15, 0.2) is 11.2 Å².